The third-order valence-corrected chi connectivity index (χ3v) is 5.41. The van der Waals surface area contributed by atoms with Crippen LogP contribution in [0.3, 0.4) is 0 Å². The summed E-state index contributed by atoms with van der Waals surface area (Å²) in [5, 5.41) is 10.1. The van der Waals surface area contributed by atoms with E-state index in [1.165, 1.54) is 13.2 Å². The number of esters is 1. The number of allylic oxidation sites excluding steroid dienone is 1. The Morgan fingerprint density at radius 1 is 1.17 bits per heavy atom. The Hall–Kier alpha value is -3.41. The van der Waals surface area contributed by atoms with E-state index < -0.39 is 17.8 Å². The zero-order valence-electron chi connectivity index (χ0n) is 16.4. The highest BCUT2D eigenvalue weighted by atomic mass is 16.5. The Bertz CT molecular complexity index is 1080. The normalized spacial score (nSPS) is 20.1. The molecule has 0 spiro atoms. The van der Waals surface area contributed by atoms with E-state index in [0.29, 0.717) is 40.5 Å². The second kappa shape index (κ2) is 7.20. The SMILES string of the molecule is CCOc1cc(C2C3=C(N=C(C)C2C(=O)OC)c2ccccc2C3=O)ccc1O. The highest BCUT2D eigenvalue weighted by Gasteiger charge is 2.46. The number of methoxy groups -OCH3 is 1. The number of rotatable bonds is 4. The number of carbonyl (C=O) groups is 2. The van der Waals surface area contributed by atoms with E-state index in [1.807, 2.05) is 25.1 Å². The van der Waals surface area contributed by atoms with Crippen LogP contribution in [0.2, 0.25) is 0 Å². The number of phenolic OH excluding ortho intramolecular Hbond substituents is 1. The number of Topliss-reactive ketones (excluding diaryl/α,β-unsaturated/α-hetero) is 1. The fourth-order valence-electron chi connectivity index (χ4n) is 4.14. The molecule has 0 aromatic heterocycles. The van der Waals surface area contributed by atoms with Gasteiger partial charge in [-0.25, -0.2) is 0 Å². The second-order valence-corrected chi connectivity index (χ2v) is 7.03. The number of benzene rings is 2. The van der Waals surface area contributed by atoms with Crippen LogP contribution in [0.15, 0.2) is 53.0 Å². The monoisotopic (exact) mass is 391 g/mol. The lowest BCUT2D eigenvalue weighted by atomic mass is 9.75. The summed E-state index contributed by atoms with van der Waals surface area (Å²) in [5.41, 5.74) is 3.68. The Morgan fingerprint density at radius 2 is 1.90 bits per heavy atom. The molecule has 6 nitrogen and oxygen atoms in total. The van der Waals surface area contributed by atoms with Gasteiger partial charge in [-0.1, -0.05) is 30.3 Å². The maximum Gasteiger partial charge on any atom is 0.315 e. The van der Waals surface area contributed by atoms with E-state index in [2.05, 4.69) is 4.99 Å². The van der Waals surface area contributed by atoms with Crippen molar-refractivity contribution in [2.75, 3.05) is 13.7 Å². The number of aromatic hydroxyl groups is 1. The molecule has 2 aromatic carbocycles. The maximum atomic E-state index is 13.3. The third kappa shape index (κ3) is 2.92. The van der Waals surface area contributed by atoms with Crippen LogP contribution in [0.4, 0.5) is 0 Å². The first-order chi connectivity index (χ1) is 14.0. The predicted octanol–water partition coefficient (Wildman–Crippen LogP) is 3.75. The van der Waals surface area contributed by atoms with Crippen LogP contribution < -0.4 is 4.74 Å². The van der Waals surface area contributed by atoms with Gasteiger partial charge in [-0.2, -0.15) is 0 Å². The fraction of sp³-hybridized carbons (Fsp3) is 0.261. The van der Waals surface area contributed by atoms with Crippen molar-refractivity contribution in [2.45, 2.75) is 19.8 Å². The summed E-state index contributed by atoms with van der Waals surface area (Å²) < 4.78 is 10.6. The van der Waals surface area contributed by atoms with Crippen LogP contribution in [0, 0.1) is 5.92 Å². The Morgan fingerprint density at radius 3 is 2.59 bits per heavy atom. The number of hydrogen-bond donors (Lipinski definition) is 1. The number of hydrogen-bond acceptors (Lipinski definition) is 6. The van der Waals surface area contributed by atoms with Crippen molar-refractivity contribution in [1.29, 1.82) is 0 Å². The van der Waals surface area contributed by atoms with E-state index in [-0.39, 0.29) is 11.5 Å². The third-order valence-electron chi connectivity index (χ3n) is 5.41. The molecule has 0 saturated heterocycles. The maximum absolute atomic E-state index is 13.3. The largest absolute Gasteiger partial charge is 0.504 e. The Labute approximate surface area is 168 Å². The van der Waals surface area contributed by atoms with Gasteiger partial charge in [0, 0.05) is 28.3 Å². The first kappa shape index (κ1) is 18.9. The minimum Gasteiger partial charge on any atom is -0.504 e. The van der Waals surface area contributed by atoms with Crippen LogP contribution in [-0.2, 0) is 9.53 Å². The van der Waals surface area contributed by atoms with Gasteiger partial charge in [0.1, 0.15) is 5.92 Å². The standard InChI is InChI=1S/C23H21NO5/c1-4-29-17-11-13(9-10-16(17)25)19-18(23(27)28-3)12(2)24-21-14-7-5-6-8-15(14)22(26)20(19)21/h5-11,18-19,25H,4H2,1-3H3. The lowest BCUT2D eigenvalue weighted by molar-refractivity contribution is -0.143. The smallest absolute Gasteiger partial charge is 0.315 e. The molecule has 6 heteroatoms. The molecule has 1 aliphatic carbocycles. The van der Waals surface area contributed by atoms with Gasteiger partial charge in [-0.15, -0.1) is 0 Å². The van der Waals surface area contributed by atoms with Gasteiger partial charge in [0.25, 0.3) is 0 Å². The quantitative estimate of drug-likeness (QED) is 0.803. The van der Waals surface area contributed by atoms with Crippen LogP contribution in [0.25, 0.3) is 5.70 Å². The topological polar surface area (TPSA) is 85.2 Å². The van der Waals surface area contributed by atoms with Gasteiger partial charge >= 0.3 is 5.97 Å². The molecule has 29 heavy (non-hydrogen) atoms. The molecular formula is C23H21NO5. The summed E-state index contributed by atoms with van der Waals surface area (Å²) in [4.78, 5) is 30.6. The van der Waals surface area contributed by atoms with Gasteiger partial charge in [0.2, 0.25) is 0 Å². The molecule has 1 aliphatic heterocycles. The van der Waals surface area contributed by atoms with Gasteiger partial charge in [-0.3, -0.25) is 14.6 Å². The van der Waals surface area contributed by atoms with E-state index in [4.69, 9.17) is 9.47 Å². The van der Waals surface area contributed by atoms with Crippen LogP contribution in [0.5, 0.6) is 11.5 Å². The minimum atomic E-state index is -0.740. The molecule has 0 bridgehead atoms. The van der Waals surface area contributed by atoms with Crippen molar-refractivity contribution in [1.82, 2.24) is 0 Å². The van der Waals surface area contributed by atoms with E-state index in [0.717, 1.165) is 5.56 Å². The molecule has 2 aliphatic rings. The van der Waals surface area contributed by atoms with Crippen molar-refractivity contribution < 1.29 is 24.2 Å². The molecule has 1 N–H and O–H groups in total. The molecule has 2 aromatic rings. The lowest BCUT2D eigenvalue weighted by Gasteiger charge is -2.30. The molecule has 0 amide bonds. The molecule has 0 fully saturated rings. The molecule has 0 saturated carbocycles. The fourth-order valence-corrected chi connectivity index (χ4v) is 4.14. The summed E-state index contributed by atoms with van der Waals surface area (Å²) in [7, 11) is 1.32. The van der Waals surface area contributed by atoms with Crippen LogP contribution >= 0.6 is 0 Å². The molecule has 4 rings (SSSR count). The first-order valence-corrected chi connectivity index (χ1v) is 9.44. The van der Waals surface area contributed by atoms with Crippen molar-refractivity contribution in [3.8, 4) is 11.5 Å². The number of ether oxygens (including phenoxy) is 2. The summed E-state index contributed by atoms with van der Waals surface area (Å²) in [6.07, 6.45) is 0. The van der Waals surface area contributed by atoms with Crippen LogP contribution in [0.1, 0.15) is 41.3 Å². The average molecular weight is 391 g/mol. The number of phenols is 1. The van der Waals surface area contributed by atoms with Crippen molar-refractivity contribution in [2.24, 2.45) is 10.9 Å². The zero-order valence-corrected chi connectivity index (χ0v) is 16.4. The summed E-state index contributed by atoms with van der Waals surface area (Å²) in [6.45, 7) is 3.97. The number of nitrogens with zero attached hydrogens (tertiary/aromatic N) is 1. The molecule has 0 radical (unpaired) electrons. The summed E-state index contributed by atoms with van der Waals surface area (Å²) >= 11 is 0. The van der Waals surface area contributed by atoms with E-state index in [1.54, 1.807) is 25.1 Å². The molecule has 2 atom stereocenters. The van der Waals surface area contributed by atoms with Gasteiger partial charge < -0.3 is 14.6 Å². The van der Waals surface area contributed by atoms with Crippen molar-refractivity contribution in [3.63, 3.8) is 0 Å². The highest BCUT2D eigenvalue weighted by molar-refractivity contribution is 6.24. The molecule has 1 heterocycles. The van der Waals surface area contributed by atoms with E-state index in [9.17, 15) is 14.7 Å². The van der Waals surface area contributed by atoms with Gasteiger partial charge in [-0.05, 0) is 31.5 Å². The number of fused-ring (bicyclic) bond motifs is 2. The zero-order chi connectivity index (χ0) is 20.7. The Kier molecular flexibility index (Phi) is 4.70. The summed E-state index contributed by atoms with van der Waals surface area (Å²) in [5.74, 6) is -1.62. The lowest BCUT2D eigenvalue weighted by Crippen LogP contribution is -2.34. The van der Waals surface area contributed by atoms with Gasteiger partial charge in [0.15, 0.2) is 17.3 Å². The molecular weight excluding hydrogens is 370 g/mol. The first-order valence-electron chi connectivity index (χ1n) is 9.44. The number of ketones is 1. The Balaban J connectivity index is 1.94. The molecule has 2 unspecified atom stereocenters. The van der Waals surface area contributed by atoms with Crippen molar-refractivity contribution in [3.05, 3.63) is 64.7 Å². The highest BCUT2D eigenvalue weighted by Crippen LogP contribution is 2.49. The van der Waals surface area contributed by atoms with Crippen LogP contribution in [-0.4, -0.2) is 36.3 Å². The van der Waals surface area contributed by atoms with E-state index >= 15 is 0 Å². The predicted molar refractivity (Wildman–Crippen MR) is 108 cm³/mol. The summed E-state index contributed by atoms with van der Waals surface area (Å²) in [6, 6.07) is 12.2. The molecule has 148 valence electrons. The average Bonchev–Trinajstić information content (AvgIpc) is 3.00. The van der Waals surface area contributed by atoms with Crippen molar-refractivity contribution >= 4 is 23.2 Å². The minimum absolute atomic E-state index is 0.00153. The van der Waals surface area contributed by atoms with Gasteiger partial charge in [0.05, 0.1) is 19.4 Å². The second-order valence-electron chi connectivity index (χ2n) is 7.03. The number of aliphatic imine (C=N–C) groups is 1. The number of carbonyl (C=O) groups excluding carboxylic acids is 2.